The third-order valence-electron chi connectivity index (χ3n) is 3.93. The molecule has 1 aromatic rings. The number of sulfonamides is 1. The van der Waals surface area contributed by atoms with E-state index in [0.717, 1.165) is 0 Å². The van der Waals surface area contributed by atoms with Crippen LogP contribution in [0.25, 0.3) is 0 Å². The van der Waals surface area contributed by atoms with Crippen molar-refractivity contribution in [3.05, 3.63) is 11.4 Å². The van der Waals surface area contributed by atoms with Gasteiger partial charge in [0.1, 0.15) is 10.5 Å². The molecular weight excluding hydrogens is 370 g/mol. The van der Waals surface area contributed by atoms with Crippen molar-refractivity contribution in [2.45, 2.75) is 51.7 Å². The Bertz CT molecular complexity index is 778. The van der Waals surface area contributed by atoms with Gasteiger partial charge < -0.3 is 9.64 Å². The van der Waals surface area contributed by atoms with Crippen molar-refractivity contribution in [3.63, 3.8) is 0 Å². The number of hydrogen-bond donors (Lipinski definition) is 0. The molecular formula is C15H24F2N4O4S. The van der Waals surface area contributed by atoms with Crippen LogP contribution in [0.4, 0.5) is 13.6 Å². The monoisotopic (exact) mass is 394 g/mol. The van der Waals surface area contributed by atoms with Crippen LogP contribution in [0.3, 0.4) is 0 Å². The Hall–Kier alpha value is -1.75. The topological polar surface area (TPSA) is 84.7 Å². The maximum Gasteiger partial charge on any atom is 0.410 e. The second-order valence-corrected chi connectivity index (χ2v) is 8.97. The van der Waals surface area contributed by atoms with Crippen LogP contribution in [-0.2, 0) is 14.8 Å². The van der Waals surface area contributed by atoms with Crippen molar-refractivity contribution in [2.24, 2.45) is 0 Å². The molecule has 1 aliphatic heterocycles. The van der Waals surface area contributed by atoms with Gasteiger partial charge in [0.05, 0.1) is 11.4 Å². The van der Waals surface area contributed by atoms with E-state index in [1.807, 2.05) is 0 Å². The molecule has 0 radical (unpaired) electrons. The van der Waals surface area contributed by atoms with Crippen LogP contribution in [0.2, 0.25) is 0 Å². The lowest BCUT2D eigenvalue weighted by Gasteiger charge is -2.35. The highest BCUT2D eigenvalue weighted by Gasteiger charge is 2.35. The van der Waals surface area contributed by atoms with Gasteiger partial charge in [-0.15, -0.1) is 0 Å². The summed E-state index contributed by atoms with van der Waals surface area (Å²) in [6, 6.07) is 0. The number of amides is 1. The standard InChI is InChI=1S/C15H24F2N4O4S/c1-10-12(11(2)21(18-10)13(16)17)26(23,24)20-8-6-19(7-9-20)14(22)25-15(3,4)5/h13H,6-9H2,1-5H3. The van der Waals surface area contributed by atoms with Gasteiger partial charge in [0.15, 0.2) is 0 Å². The summed E-state index contributed by atoms with van der Waals surface area (Å²) in [6.07, 6.45) is -0.507. The van der Waals surface area contributed by atoms with Gasteiger partial charge in [-0.3, -0.25) is 0 Å². The maximum absolute atomic E-state index is 13.0. The fourth-order valence-electron chi connectivity index (χ4n) is 2.78. The molecule has 148 valence electrons. The smallest absolute Gasteiger partial charge is 0.410 e. The molecule has 26 heavy (non-hydrogen) atoms. The van der Waals surface area contributed by atoms with Gasteiger partial charge >= 0.3 is 12.6 Å². The molecule has 1 aromatic heterocycles. The fourth-order valence-corrected chi connectivity index (χ4v) is 4.56. The first-order chi connectivity index (χ1) is 11.8. The van der Waals surface area contributed by atoms with Crippen molar-refractivity contribution in [1.82, 2.24) is 19.0 Å². The van der Waals surface area contributed by atoms with Gasteiger partial charge in [0.2, 0.25) is 10.0 Å². The SMILES string of the molecule is Cc1nn(C(F)F)c(C)c1S(=O)(=O)N1CCN(C(=O)OC(C)(C)C)CC1. The number of halogens is 2. The summed E-state index contributed by atoms with van der Waals surface area (Å²) in [7, 11) is -3.98. The van der Waals surface area contributed by atoms with E-state index in [0.29, 0.717) is 4.68 Å². The van der Waals surface area contributed by atoms with Crippen LogP contribution >= 0.6 is 0 Å². The van der Waals surface area contributed by atoms with E-state index in [-0.39, 0.29) is 42.5 Å². The predicted octanol–water partition coefficient (Wildman–Crippen LogP) is 2.14. The van der Waals surface area contributed by atoms with E-state index < -0.39 is 28.3 Å². The summed E-state index contributed by atoms with van der Waals surface area (Å²) in [4.78, 5) is 13.3. The largest absolute Gasteiger partial charge is 0.444 e. The van der Waals surface area contributed by atoms with Crippen LogP contribution in [0, 0.1) is 13.8 Å². The molecule has 0 aromatic carbocycles. The van der Waals surface area contributed by atoms with Crippen molar-refractivity contribution >= 4 is 16.1 Å². The van der Waals surface area contributed by atoms with Crippen molar-refractivity contribution in [3.8, 4) is 0 Å². The number of ether oxygens (including phenoxy) is 1. The summed E-state index contributed by atoms with van der Waals surface area (Å²) in [5, 5.41) is 3.63. The van der Waals surface area contributed by atoms with E-state index in [1.165, 1.54) is 23.1 Å². The Kier molecular flexibility index (Phi) is 5.62. The van der Waals surface area contributed by atoms with Crippen LogP contribution in [0.5, 0.6) is 0 Å². The van der Waals surface area contributed by atoms with Gasteiger partial charge in [-0.25, -0.2) is 17.9 Å². The minimum absolute atomic E-state index is 0.0253. The van der Waals surface area contributed by atoms with Crippen molar-refractivity contribution < 1.29 is 26.7 Å². The molecule has 1 amide bonds. The number of piperazine rings is 1. The molecule has 0 atom stereocenters. The number of carbonyl (C=O) groups excluding carboxylic acids is 1. The lowest BCUT2D eigenvalue weighted by Crippen LogP contribution is -2.51. The van der Waals surface area contributed by atoms with Crippen LogP contribution in [-0.4, -0.2) is 65.3 Å². The van der Waals surface area contributed by atoms with Gasteiger partial charge in [-0.2, -0.15) is 18.2 Å². The van der Waals surface area contributed by atoms with Crippen LogP contribution < -0.4 is 0 Å². The highest BCUT2D eigenvalue weighted by atomic mass is 32.2. The summed E-state index contributed by atoms with van der Waals surface area (Å²) in [5.41, 5.74) is -0.720. The fraction of sp³-hybridized carbons (Fsp3) is 0.733. The molecule has 1 fully saturated rings. The highest BCUT2D eigenvalue weighted by molar-refractivity contribution is 7.89. The first-order valence-corrected chi connectivity index (χ1v) is 9.60. The van der Waals surface area contributed by atoms with E-state index >= 15 is 0 Å². The van der Waals surface area contributed by atoms with E-state index in [2.05, 4.69) is 5.10 Å². The third kappa shape index (κ3) is 4.14. The number of hydrogen-bond acceptors (Lipinski definition) is 5. The van der Waals surface area contributed by atoms with Gasteiger partial charge in [-0.05, 0) is 34.6 Å². The molecule has 1 aliphatic rings. The zero-order chi connectivity index (χ0) is 19.9. The number of nitrogens with zero attached hydrogens (tertiary/aromatic N) is 4. The number of aromatic nitrogens is 2. The van der Waals surface area contributed by atoms with Crippen LogP contribution in [0.15, 0.2) is 4.90 Å². The first kappa shape index (κ1) is 20.6. The molecule has 1 saturated heterocycles. The zero-order valence-corrected chi connectivity index (χ0v) is 16.3. The number of rotatable bonds is 3. The molecule has 2 heterocycles. The summed E-state index contributed by atoms with van der Waals surface area (Å²) in [5.74, 6) is 0. The second kappa shape index (κ2) is 7.10. The lowest BCUT2D eigenvalue weighted by atomic mass is 10.2. The second-order valence-electron chi connectivity index (χ2n) is 7.09. The van der Waals surface area contributed by atoms with Crippen molar-refractivity contribution in [2.75, 3.05) is 26.2 Å². The molecule has 0 N–H and O–H groups in total. The quantitative estimate of drug-likeness (QED) is 0.784. The maximum atomic E-state index is 13.0. The molecule has 0 bridgehead atoms. The van der Waals surface area contributed by atoms with Gasteiger partial charge in [0.25, 0.3) is 0 Å². The molecule has 0 spiro atoms. The zero-order valence-electron chi connectivity index (χ0n) is 15.5. The lowest BCUT2D eigenvalue weighted by molar-refractivity contribution is 0.0192. The Labute approximate surface area is 151 Å². The Morgan fingerprint density at radius 3 is 2.12 bits per heavy atom. The average Bonchev–Trinajstić information content (AvgIpc) is 2.81. The van der Waals surface area contributed by atoms with Gasteiger partial charge in [-0.1, -0.05) is 0 Å². The molecule has 0 unspecified atom stereocenters. The highest BCUT2D eigenvalue weighted by Crippen LogP contribution is 2.27. The first-order valence-electron chi connectivity index (χ1n) is 8.16. The molecule has 2 rings (SSSR count). The van der Waals surface area contributed by atoms with E-state index in [9.17, 15) is 22.0 Å². The Balaban J connectivity index is 2.15. The van der Waals surface area contributed by atoms with Gasteiger partial charge in [0, 0.05) is 26.2 Å². The molecule has 8 nitrogen and oxygen atoms in total. The normalized spacial score (nSPS) is 17.0. The number of carbonyl (C=O) groups is 1. The Morgan fingerprint density at radius 1 is 1.15 bits per heavy atom. The van der Waals surface area contributed by atoms with E-state index in [1.54, 1.807) is 20.8 Å². The number of aryl methyl sites for hydroxylation is 1. The summed E-state index contributed by atoms with van der Waals surface area (Å²) >= 11 is 0. The molecule has 0 saturated carbocycles. The van der Waals surface area contributed by atoms with Crippen LogP contribution in [0.1, 0.15) is 38.7 Å². The average molecular weight is 394 g/mol. The predicted molar refractivity (Wildman–Crippen MR) is 89.5 cm³/mol. The minimum Gasteiger partial charge on any atom is -0.444 e. The molecule has 11 heteroatoms. The molecule has 0 aliphatic carbocycles. The third-order valence-corrected chi connectivity index (χ3v) is 6.08. The van der Waals surface area contributed by atoms with Crippen molar-refractivity contribution in [1.29, 1.82) is 0 Å². The minimum atomic E-state index is -3.98. The number of alkyl halides is 2. The summed E-state index contributed by atoms with van der Waals surface area (Å²) < 4.78 is 58.5. The summed E-state index contributed by atoms with van der Waals surface area (Å²) in [6.45, 7) is 5.45. The van der Waals surface area contributed by atoms with E-state index in [4.69, 9.17) is 4.74 Å². The Morgan fingerprint density at radius 2 is 1.69 bits per heavy atom.